The van der Waals surface area contributed by atoms with Crippen LogP contribution in [0.4, 0.5) is 0 Å². The molecule has 0 aliphatic heterocycles. The van der Waals surface area contributed by atoms with E-state index in [2.05, 4.69) is 4.98 Å². The first kappa shape index (κ1) is 19.8. The van der Waals surface area contributed by atoms with Crippen molar-refractivity contribution in [2.45, 2.75) is 13.3 Å². The first-order valence-electron chi connectivity index (χ1n) is 9.34. The van der Waals surface area contributed by atoms with Crippen molar-refractivity contribution in [1.29, 1.82) is 0 Å². The number of benzene rings is 2. The highest BCUT2D eigenvalue weighted by molar-refractivity contribution is 7.15. The normalized spacial score (nSPS) is 11.8. The van der Waals surface area contributed by atoms with Gasteiger partial charge in [0, 0.05) is 23.2 Å². The van der Waals surface area contributed by atoms with E-state index in [0.717, 1.165) is 5.56 Å². The molecule has 152 valence electrons. The van der Waals surface area contributed by atoms with E-state index in [4.69, 9.17) is 9.47 Å². The molecule has 2 heterocycles. The molecule has 2 aromatic heterocycles. The van der Waals surface area contributed by atoms with Gasteiger partial charge in [-0.05, 0) is 36.8 Å². The van der Waals surface area contributed by atoms with Crippen molar-refractivity contribution in [1.82, 2.24) is 9.38 Å². The number of hydrogen-bond donors (Lipinski definition) is 0. The van der Waals surface area contributed by atoms with Crippen molar-refractivity contribution in [2.75, 3.05) is 14.2 Å². The largest absolute Gasteiger partial charge is 0.497 e. The lowest BCUT2D eigenvalue weighted by Gasteiger charge is -2.06. The highest BCUT2D eigenvalue weighted by Crippen LogP contribution is 2.24. The Morgan fingerprint density at radius 2 is 1.83 bits per heavy atom. The van der Waals surface area contributed by atoms with Crippen LogP contribution in [0.1, 0.15) is 22.4 Å². The van der Waals surface area contributed by atoms with E-state index in [-0.39, 0.29) is 11.1 Å². The quantitative estimate of drug-likeness (QED) is 0.496. The monoisotopic (exact) mass is 420 g/mol. The number of thiazole rings is 1. The van der Waals surface area contributed by atoms with Gasteiger partial charge in [0.05, 0.1) is 18.8 Å². The third kappa shape index (κ3) is 3.59. The maximum absolute atomic E-state index is 13.2. The fourth-order valence-corrected chi connectivity index (χ4v) is 4.39. The third-order valence-corrected chi connectivity index (χ3v) is 5.95. The summed E-state index contributed by atoms with van der Waals surface area (Å²) in [5.74, 6) is 1.28. The average Bonchev–Trinajstić information content (AvgIpc) is 3.06. The van der Waals surface area contributed by atoms with E-state index in [1.54, 1.807) is 45.4 Å². The van der Waals surface area contributed by atoms with Crippen molar-refractivity contribution in [3.05, 3.63) is 96.2 Å². The Kier molecular flexibility index (Phi) is 5.37. The maximum Gasteiger partial charge on any atom is 0.277 e. The summed E-state index contributed by atoms with van der Waals surface area (Å²) in [6, 6.07) is 15.0. The molecule has 0 fully saturated rings. The Morgan fingerprint density at radius 3 is 2.53 bits per heavy atom. The van der Waals surface area contributed by atoms with Crippen LogP contribution in [-0.4, -0.2) is 23.6 Å². The minimum absolute atomic E-state index is 0.209. The number of fused-ring (bicyclic) bond motifs is 1. The third-order valence-electron chi connectivity index (χ3n) is 4.98. The number of aromatic nitrogens is 2. The molecule has 4 rings (SSSR count). The molecule has 0 aliphatic carbocycles. The zero-order valence-electron chi connectivity index (χ0n) is 16.8. The van der Waals surface area contributed by atoms with Gasteiger partial charge in [-0.3, -0.25) is 14.0 Å². The lowest BCUT2D eigenvalue weighted by Crippen LogP contribution is -2.27. The maximum atomic E-state index is 13.2. The molecule has 0 saturated carbocycles. The Bertz CT molecular complexity index is 1390. The SMILES string of the molecule is COc1ccc(OC)c(/C=c2\sc3nc(=O)c(Cc4ccccc4)c(C)n3c2=O)c1. The number of hydrogen-bond acceptors (Lipinski definition) is 6. The number of methoxy groups -OCH3 is 2. The predicted octanol–water partition coefficient (Wildman–Crippen LogP) is 2.58. The zero-order chi connectivity index (χ0) is 21.3. The van der Waals surface area contributed by atoms with Crippen molar-refractivity contribution in [3.8, 4) is 11.5 Å². The molecule has 0 spiro atoms. The first-order valence-corrected chi connectivity index (χ1v) is 10.2. The second kappa shape index (κ2) is 8.12. The summed E-state index contributed by atoms with van der Waals surface area (Å²) in [5, 5.41) is 0. The van der Waals surface area contributed by atoms with Crippen LogP contribution in [0.15, 0.2) is 58.1 Å². The Balaban J connectivity index is 1.90. The van der Waals surface area contributed by atoms with Crippen LogP contribution >= 0.6 is 11.3 Å². The van der Waals surface area contributed by atoms with Crippen LogP contribution in [0.2, 0.25) is 0 Å². The number of aryl methyl sites for hydroxylation is 1. The van der Waals surface area contributed by atoms with E-state index < -0.39 is 0 Å². The van der Waals surface area contributed by atoms with E-state index in [9.17, 15) is 9.59 Å². The summed E-state index contributed by atoms with van der Waals surface area (Å²) in [4.78, 5) is 30.4. The van der Waals surface area contributed by atoms with Crippen LogP contribution in [-0.2, 0) is 6.42 Å². The average molecular weight is 420 g/mol. The summed E-state index contributed by atoms with van der Waals surface area (Å²) in [5.41, 5.74) is 2.34. The number of nitrogens with zero attached hydrogens (tertiary/aromatic N) is 2. The van der Waals surface area contributed by atoms with Gasteiger partial charge in [-0.2, -0.15) is 4.98 Å². The van der Waals surface area contributed by atoms with Crippen LogP contribution < -0.4 is 25.1 Å². The minimum Gasteiger partial charge on any atom is -0.497 e. The lowest BCUT2D eigenvalue weighted by atomic mass is 10.1. The second-order valence-corrected chi connectivity index (χ2v) is 7.79. The van der Waals surface area contributed by atoms with Gasteiger partial charge in [0.15, 0.2) is 0 Å². The Hall–Kier alpha value is -3.45. The van der Waals surface area contributed by atoms with E-state index in [1.807, 2.05) is 30.3 Å². The lowest BCUT2D eigenvalue weighted by molar-refractivity contribution is 0.402. The van der Waals surface area contributed by atoms with Gasteiger partial charge in [0.1, 0.15) is 11.5 Å². The predicted molar refractivity (Wildman–Crippen MR) is 118 cm³/mol. The van der Waals surface area contributed by atoms with Crippen molar-refractivity contribution in [2.24, 2.45) is 0 Å². The molecule has 0 aliphatic rings. The molecule has 4 aromatic rings. The molecular formula is C23H20N2O4S. The van der Waals surface area contributed by atoms with Crippen molar-refractivity contribution < 1.29 is 9.47 Å². The minimum atomic E-state index is -0.303. The van der Waals surface area contributed by atoms with Crippen molar-refractivity contribution >= 4 is 22.4 Å². The number of rotatable bonds is 5. The Labute approximate surface area is 176 Å². The molecule has 0 unspecified atom stereocenters. The summed E-state index contributed by atoms with van der Waals surface area (Å²) in [6.45, 7) is 1.79. The van der Waals surface area contributed by atoms with E-state index in [1.165, 1.54) is 15.7 Å². The van der Waals surface area contributed by atoms with Crippen molar-refractivity contribution in [3.63, 3.8) is 0 Å². The molecule has 0 saturated heterocycles. The van der Waals surface area contributed by atoms with E-state index >= 15 is 0 Å². The summed E-state index contributed by atoms with van der Waals surface area (Å²) < 4.78 is 12.7. The molecule has 0 amide bonds. The molecule has 0 N–H and O–H groups in total. The fraction of sp³-hybridized carbons (Fsp3) is 0.174. The topological polar surface area (TPSA) is 69.9 Å². The second-order valence-electron chi connectivity index (χ2n) is 6.78. The van der Waals surface area contributed by atoms with Gasteiger partial charge in [0.25, 0.3) is 11.1 Å². The van der Waals surface area contributed by atoms with Gasteiger partial charge in [0.2, 0.25) is 4.96 Å². The van der Waals surface area contributed by atoms with Gasteiger partial charge >= 0.3 is 0 Å². The number of ether oxygens (including phenoxy) is 2. The molecule has 2 aromatic carbocycles. The molecule has 0 bridgehead atoms. The standard InChI is InChI=1S/C23H20N2O4S/c1-14-18(11-15-7-5-4-6-8-15)21(26)24-23-25(14)22(27)20(30-23)13-16-12-17(28-2)9-10-19(16)29-3/h4-10,12-13H,11H2,1-3H3/b20-13-. The van der Waals surface area contributed by atoms with Gasteiger partial charge in [-0.1, -0.05) is 41.7 Å². The van der Waals surface area contributed by atoms with Crippen LogP contribution in [0, 0.1) is 6.92 Å². The highest BCUT2D eigenvalue weighted by atomic mass is 32.1. The van der Waals surface area contributed by atoms with E-state index in [0.29, 0.717) is 44.2 Å². The van der Waals surface area contributed by atoms with Crippen LogP contribution in [0.5, 0.6) is 11.5 Å². The van der Waals surface area contributed by atoms with Crippen LogP contribution in [0.25, 0.3) is 11.0 Å². The summed E-state index contributed by atoms with van der Waals surface area (Å²) >= 11 is 1.18. The fourth-order valence-electron chi connectivity index (χ4n) is 3.39. The first-order chi connectivity index (χ1) is 14.5. The van der Waals surface area contributed by atoms with Gasteiger partial charge in [-0.15, -0.1) is 0 Å². The summed E-state index contributed by atoms with van der Waals surface area (Å²) in [7, 11) is 3.15. The van der Waals surface area contributed by atoms with Crippen LogP contribution in [0.3, 0.4) is 0 Å². The molecule has 6 nitrogen and oxygen atoms in total. The zero-order valence-corrected chi connectivity index (χ0v) is 17.7. The summed E-state index contributed by atoms with van der Waals surface area (Å²) in [6.07, 6.45) is 2.17. The van der Waals surface area contributed by atoms with Gasteiger partial charge < -0.3 is 9.47 Å². The molecule has 30 heavy (non-hydrogen) atoms. The molecular weight excluding hydrogens is 400 g/mol. The molecule has 0 atom stereocenters. The highest BCUT2D eigenvalue weighted by Gasteiger charge is 2.15. The molecule has 0 radical (unpaired) electrons. The smallest absolute Gasteiger partial charge is 0.277 e. The molecule has 7 heteroatoms. The Morgan fingerprint density at radius 1 is 1.07 bits per heavy atom. The van der Waals surface area contributed by atoms with Gasteiger partial charge in [-0.25, -0.2) is 0 Å².